The van der Waals surface area contributed by atoms with Crippen LogP contribution in [0, 0.1) is 0 Å². The topological polar surface area (TPSA) is 78.2 Å². The van der Waals surface area contributed by atoms with Crippen molar-refractivity contribution in [3.8, 4) is 0 Å². The fourth-order valence-corrected chi connectivity index (χ4v) is 3.45. The maximum absolute atomic E-state index is 12.4. The van der Waals surface area contributed by atoms with E-state index in [1.165, 1.54) is 0 Å². The van der Waals surface area contributed by atoms with E-state index in [2.05, 4.69) is 10.1 Å². The van der Waals surface area contributed by atoms with Crippen molar-refractivity contribution in [2.24, 2.45) is 4.99 Å². The summed E-state index contributed by atoms with van der Waals surface area (Å²) in [6.45, 7) is 14.7. The Morgan fingerprint density at radius 2 is 1.86 bits per heavy atom. The van der Waals surface area contributed by atoms with E-state index >= 15 is 0 Å². The van der Waals surface area contributed by atoms with Gasteiger partial charge < -0.3 is 23.9 Å². The lowest BCUT2D eigenvalue weighted by Crippen LogP contribution is -2.65. The van der Waals surface area contributed by atoms with Crippen molar-refractivity contribution in [1.82, 2.24) is 14.7 Å². The van der Waals surface area contributed by atoms with Gasteiger partial charge in [-0.2, -0.15) is 5.10 Å². The summed E-state index contributed by atoms with van der Waals surface area (Å²) in [6.07, 6.45) is 5.97. The smallest absolute Gasteiger partial charge is 0.444 e. The first-order valence-electron chi connectivity index (χ1n) is 10.1. The third-order valence-corrected chi connectivity index (χ3v) is 5.89. The molecule has 3 rings (SSSR count). The SMILES string of the molecule is CN=CCC1(n2cc(B3OC(C)(C)C(C)(C)O3)cn2)CN(C(=O)OC(C)(C)C)C1. The minimum absolute atomic E-state index is 0.306. The highest BCUT2D eigenvalue weighted by molar-refractivity contribution is 6.62. The van der Waals surface area contributed by atoms with Crippen molar-refractivity contribution in [3.05, 3.63) is 12.4 Å². The van der Waals surface area contributed by atoms with Crippen LogP contribution in [-0.4, -0.2) is 71.0 Å². The minimum atomic E-state index is -0.518. The van der Waals surface area contributed by atoms with Crippen LogP contribution in [0.4, 0.5) is 4.79 Å². The third kappa shape index (κ3) is 4.21. The largest absolute Gasteiger partial charge is 0.498 e. The van der Waals surface area contributed by atoms with Crippen molar-refractivity contribution < 1.29 is 18.8 Å². The monoisotopic (exact) mass is 404 g/mol. The summed E-state index contributed by atoms with van der Waals surface area (Å²) >= 11 is 0. The molecule has 2 fully saturated rings. The molecule has 160 valence electrons. The van der Waals surface area contributed by atoms with Gasteiger partial charge in [-0.1, -0.05) is 0 Å². The van der Waals surface area contributed by atoms with Gasteiger partial charge in [0.05, 0.1) is 24.3 Å². The van der Waals surface area contributed by atoms with Gasteiger partial charge in [-0.3, -0.25) is 4.68 Å². The average molecular weight is 404 g/mol. The van der Waals surface area contributed by atoms with Gasteiger partial charge in [0.1, 0.15) is 11.1 Å². The van der Waals surface area contributed by atoms with Crippen LogP contribution in [0.5, 0.6) is 0 Å². The minimum Gasteiger partial charge on any atom is -0.444 e. The van der Waals surface area contributed by atoms with Crippen molar-refractivity contribution >= 4 is 24.9 Å². The Morgan fingerprint density at radius 1 is 1.28 bits per heavy atom. The number of ether oxygens (including phenoxy) is 1. The number of amides is 1. The summed E-state index contributed by atoms with van der Waals surface area (Å²) in [7, 11) is 1.28. The van der Waals surface area contributed by atoms with E-state index in [9.17, 15) is 4.79 Å². The van der Waals surface area contributed by atoms with E-state index in [0.717, 1.165) is 5.46 Å². The second-order valence-electron chi connectivity index (χ2n) is 10.0. The average Bonchev–Trinajstić information content (AvgIpc) is 3.08. The Morgan fingerprint density at radius 3 is 2.38 bits per heavy atom. The number of nitrogens with zero attached hydrogens (tertiary/aromatic N) is 4. The number of carbonyl (C=O) groups is 1. The predicted octanol–water partition coefficient (Wildman–Crippen LogP) is 2.22. The van der Waals surface area contributed by atoms with Gasteiger partial charge >= 0.3 is 13.2 Å². The fourth-order valence-electron chi connectivity index (χ4n) is 3.45. The van der Waals surface area contributed by atoms with Crippen LogP contribution < -0.4 is 5.46 Å². The molecule has 0 unspecified atom stereocenters. The lowest BCUT2D eigenvalue weighted by molar-refractivity contribution is -0.0301. The van der Waals surface area contributed by atoms with Crippen LogP contribution in [0.15, 0.2) is 17.4 Å². The molecule has 1 aromatic heterocycles. The molecule has 29 heavy (non-hydrogen) atoms. The molecule has 0 spiro atoms. The molecule has 2 aliphatic heterocycles. The van der Waals surface area contributed by atoms with Crippen LogP contribution in [0.3, 0.4) is 0 Å². The van der Waals surface area contributed by atoms with E-state index in [1.807, 2.05) is 65.6 Å². The van der Waals surface area contributed by atoms with Gasteiger partial charge in [0.2, 0.25) is 0 Å². The molecular weight excluding hydrogens is 371 g/mol. The van der Waals surface area contributed by atoms with Gasteiger partial charge in [-0.25, -0.2) is 4.79 Å². The molecule has 0 N–H and O–H groups in total. The van der Waals surface area contributed by atoms with E-state index in [4.69, 9.17) is 14.0 Å². The fraction of sp³-hybridized carbons (Fsp3) is 0.750. The number of aromatic nitrogens is 2. The summed E-state index contributed by atoms with van der Waals surface area (Å²) in [5.41, 5.74) is -0.812. The van der Waals surface area contributed by atoms with E-state index in [1.54, 1.807) is 18.1 Å². The standard InChI is InChI=1S/C20H33BN4O4/c1-17(2,3)27-16(26)24-13-20(14-24,9-10-22-8)25-12-15(11-23-25)21-28-18(4,5)19(6,7)29-21/h10-12H,9,13-14H2,1-8H3. The first-order valence-corrected chi connectivity index (χ1v) is 10.1. The second-order valence-corrected chi connectivity index (χ2v) is 10.0. The Kier molecular flexibility index (Phi) is 5.37. The lowest BCUT2D eigenvalue weighted by Gasteiger charge is -2.49. The number of aliphatic imine (C=N–C) groups is 1. The molecule has 0 saturated carbocycles. The van der Waals surface area contributed by atoms with Gasteiger partial charge in [0, 0.05) is 37.5 Å². The zero-order valence-corrected chi connectivity index (χ0v) is 18.9. The van der Waals surface area contributed by atoms with Gasteiger partial charge in [-0.05, 0) is 48.5 Å². The molecule has 0 radical (unpaired) electrons. The lowest BCUT2D eigenvalue weighted by atomic mass is 9.81. The first kappa shape index (κ1) is 21.8. The number of hydrogen-bond acceptors (Lipinski definition) is 6. The number of carbonyl (C=O) groups excluding carboxylic acids is 1. The molecule has 0 aromatic carbocycles. The molecular formula is C20H33BN4O4. The molecule has 8 nitrogen and oxygen atoms in total. The second kappa shape index (κ2) is 7.13. The van der Waals surface area contributed by atoms with Crippen molar-refractivity contribution in [2.45, 2.75) is 77.2 Å². The van der Waals surface area contributed by atoms with Gasteiger partial charge in [-0.15, -0.1) is 0 Å². The summed E-state index contributed by atoms with van der Waals surface area (Å²) in [5, 5.41) is 4.59. The predicted molar refractivity (Wildman–Crippen MR) is 113 cm³/mol. The molecule has 3 heterocycles. The van der Waals surface area contributed by atoms with Crippen LogP contribution >= 0.6 is 0 Å². The van der Waals surface area contributed by atoms with Crippen LogP contribution in [-0.2, 0) is 19.6 Å². The summed E-state index contributed by atoms with van der Waals surface area (Å²) in [5.74, 6) is 0. The van der Waals surface area contributed by atoms with Crippen molar-refractivity contribution in [2.75, 3.05) is 20.1 Å². The van der Waals surface area contributed by atoms with E-state index in [0.29, 0.717) is 19.5 Å². The first-order chi connectivity index (χ1) is 13.3. The molecule has 0 bridgehead atoms. The van der Waals surface area contributed by atoms with E-state index < -0.39 is 23.9 Å². The van der Waals surface area contributed by atoms with Crippen LogP contribution in [0.1, 0.15) is 54.9 Å². The van der Waals surface area contributed by atoms with Gasteiger partial charge in [0.15, 0.2) is 0 Å². The Balaban J connectivity index is 1.76. The Bertz CT molecular complexity index is 775. The molecule has 2 saturated heterocycles. The van der Waals surface area contributed by atoms with Crippen LogP contribution in [0.2, 0.25) is 0 Å². The molecule has 1 aromatic rings. The molecule has 0 aliphatic carbocycles. The summed E-state index contributed by atoms with van der Waals surface area (Å²) in [6, 6.07) is 0. The van der Waals surface area contributed by atoms with Crippen molar-refractivity contribution in [3.63, 3.8) is 0 Å². The number of rotatable bonds is 4. The highest BCUT2D eigenvalue weighted by Crippen LogP contribution is 2.37. The normalized spacial score (nSPS) is 22.8. The number of hydrogen-bond donors (Lipinski definition) is 0. The summed E-state index contributed by atoms with van der Waals surface area (Å²) < 4.78 is 19.7. The zero-order chi connectivity index (χ0) is 21.7. The molecule has 1 amide bonds. The molecule has 9 heteroatoms. The zero-order valence-electron chi connectivity index (χ0n) is 18.9. The van der Waals surface area contributed by atoms with E-state index in [-0.39, 0.29) is 11.6 Å². The maximum Gasteiger partial charge on any atom is 0.498 e. The number of likely N-dealkylation sites (tertiary alicyclic amines) is 1. The Labute approximate surface area is 173 Å². The van der Waals surface area contributed by atoms with Crippen molar-refractivity contribution in [1.29, 1.82) is 0 Å². The van der Waals surface area contributed by atoms with Crippen LogP contribution in [0.25, 0.3) is 0 Å². The van der Waals surface area contributed by atoms with Gasteiger partial charge in [0.25, 0.3) is 0 Å². The Hall–Kier alpha value is -1.87. The quantitative estimate of drug-likeness (QED) is 0.568. The molecule has 2 aliphatic rings. The summed E-state index contributed by atoms with van der Waals surface area (Å²) in [4.78, 5) is 18.2. The molecule has 0 atom stereocenters. The highest BCUT2D eigenvalue weighted by atomic mass is 16.7. The third-order valence-electron chi connectivity index (χ3n) is 5.89. The maximum atomic E-state index is 12.4. The highest BCUT2D eigenvalue weighted by Gasteiger charge is 2.53.